The van der Waals surface area contributed by atoms with Crippen molar-refractivity contribution in [1.82, 2.24) is 45.5 Å². The summed E-state index contributed by atoms with van der Waals surface area (Å²) in [6.45, 7) is 17.7. The summed E-state index contributed by atoms with van der Waals surface area (Å²) in [6, 6.07) is -0.0495. The van der Waals surface area contributed by atoms with Crippen molar-refractivity contribution in [2.24, 2.45) is 0 Å². The number of nitrogens with two attached hydrogens (primary N) is 2. The second-order valence-electron chi connectivity index (χ2n) is 14.0. The van der Waals surface area contributed by atoms with E-state index < -0.39 is 12.2 Å². The van der Waals surface area contributed by atoms with Gasteiger partial charge < -0.3 is 51.6 Å². The molecule has 52 heavy (non-hydrogen) atoms. The van der Waals surface area contributed by atoms with Crippen molar-refractivity contribution in [3.05, 3.63) is 15.6 Å². The molecule has 2 aromatic rings. The van der Waals surface area contributed by atoms with Crippen molar-refractivity contribution in [3.8, 4) is 0 Å². The Morgan fingerprint density at radius 1 is 0.769 bits per heavy atom. The minimum absolute atomic E-state index is 0. The van der Waals surface area contributed by atoms with Gasteiger partial charge in [-0.1, -0.05) is 30.6 Å². The van der Waals surface area contributed by atoms with Gasteiger partial charge >= 0.3 is 0 Å². The number of nitrogens with zero attached hydrogens (tertiary/aromatic N) is 9. The van der Waals surface area contributed by atoms with Gasteiger partial charge in [0.05, 0.1) is 55.9 Å². The minimum Gasteiger partial charge on any atom is -0.395 e. The summed E-state index contributed by atoms with van der Waals surface area (Å²) < 4.78 is 11.2. The molecule has 2 saturated heterocycles. The normalized spacial score (nSPS) is 19.8. The molecule has 2 aliphatic rings. The van der Waals surface area contributed by atoms with Gasteiger partial charge in [-0.2, -0.15) is 9.97 Å². The average Bonchev–Trinajstić information content (AvgIpc) is 3.06. The van der Waals surface area contributed by atoms with Crippen LogP contribution < -0.4 is 21.7 Å². The zero-order chi connectivity index (χ0) is 38.4. The summed E-state index contributed by atoms with van der Waals surface area (Å²) in [5.74, 6) is 0.609. The van der Waals surface area contributed by atoms with E-state index in [1.807, 2.05) is 51.3 Å². The molecule has 0 radical (unpaired) electrons. The van der Waals surface area contributed by atoms with E-state index in [2.05, 4.69) is 40.6 Å². The van der Waals surface area contributed by atoms with Gasteiger partial charge in [0.25, 0.3) is 0 Å². The maximum atomic E-state index is 10.2. The number of rotatable bonds is 11. The van der Waals surface area contributed by atoms with Crippen molar-refractivity contribution in [2.45, 2.75) is 84.5 Å². The number of hydrogen-bond donors (Lipinski definition) is 7. The SMILES string of the molecule is C.CC(C)(C)OCC(O)CN1CCN(c2nnc(Cl)c(N)n2)C[C@H]1CO.CC(C)(C)OCC(O)CN1CCNC[C@H]1CO.Nc1nc(Cl)nnc1Cl. The van der Waals surface area contributed by atoms with Gasteiger partial charge in [-0.25, -0.2) is 0 Å². The Morgan fingerprint density at radius 3 is 1.73 bits per heavy atom. The number of aliphatic hydroxyl groups is 4. The van der Waals surface area contributed by atoms with Crippen LogP contribution >= 0.6 is 34.8 Å². The number of nitrogens with one attached hydrogen (secondary N) is 1. The van der Waals surface area contributed by atoms with Crippen LogP contribution in [0.15, 0.2) is 0 Å². The molecule has 0 aromatic carbocycles. The fourth-order valence-electron chi connectivity index (χ4n) is 4.80. The minimum atomic E-state index is -0.621. The number of piperazine rings is 2. The van der Waals surface area contributed by atoms with Crippen LogP contribution in [0.3, 0.4) is 0 Å². The van der Waals surface area contributed by atoms with E-state index in [-0.39, 0.29) is 77.8 Å². The van der Waals surface area contributed by atoms with Crippen LogP contribution in [0, 0.1) is 0 Å². The summed E-state index contributed by atoms with van der Waals surface area (Å²) in [5, 5.41) is 56.9. The first-order valence-electron chi connectivity index (χ1n) is 16.6. The molecule has 2 aliphatic heterocycles. The number of hydrogen-bond acceptors (Lipinski definition) is 18. The Labute approximate surface area is 322 Å². The molecule has 0 spiro atoms. The fourth-order valence-corrected chi connectivity index (χ4v) is 5.09. The molecule has 4 heterocycles. The van der Waals surface area contributed by atoms with Gasteiger partial charge in [0.1, 0.15) is 0 Å². The third kappa shape index (κ3) is 18.3. The van der Waals surface area contributed by atoms with Crippen LogP contribution in [0.25, 0.3) is 0 Å². The zero-order valence-corrected chi connectivity index (χ0v) is 32.5. The molecule has 18 nitrogen and oxygen atoms in total. The highest BCUT2D eigenvalue weighted by molar-refractivity contribution is 6.32. The lowest BCUT2D eigenvalue weighted by molar-refractivity contribution is -0.0619. The van der Waals surface area contributed by atoms with Crippen LogP contribution in [0.5, 0.6) is 0 Å². The van der Waals surface area contributed by atoms with Gasteiger partial charge in [-0.3, -0.25) is 9.80 Å². The molecular weight excluding hydrogens is 743 g/mol. The molecule has 4 atom stereocenters. The summed E-state index contributed by atoms with van der Waals surface area (Å²) in [5.41, 5.74) is 10.3. The maximum absolute atomic E-state index is 10.2. The topological polar surface area (TPSA) is 251 Å². The number of ether oxygens (including phenoxy) is 2. The van der Waals surface area contributed by atoms with Gasteiger partial charge in [0.15, 0.2) is 21.9 Å². The molecule has 2 aromatic heterocycles. The summed E-state index contributed by atoms with van der Waals surface area (Å²) >= 11 is 16.4. The average molecular weight is 802 g/mol. The lowest BCUT2D eigenvalue weighted by atomic mass is 10.1. The maximum Gasteiger partial charge on any atom is 0.247 e. The van der Waals surface area contributed by atoms with E-state index in [0.29, 0.717) is 45.3 Å². The highest BCUT2D eigenvalue weighted by Crippen LogP contribution is 2.19. The second kappa shape index (κ2) is 23.0. The number of halogens is 3. The van der Waals surface area contributed by atoms with Crippen LogP contribution in [0.2, 0.25) is 15.6 Å². The molecule has 0 saturated carbocycles. The van der Waals surface area contributed by atoms with Gasteiger partial charge in [-0.05, 0) is 53.1 Å². The van der Waals surface area contributed by atoms with Crippen molar-refractivity contribution in [1.29, 1.82) is 0 Å². The number of anilines is 3. The Bertz CT molecular complexity index is 1310. The third-order valence-corrected chi connectivity index (χ3v) is 8.09. The quantitative estimate of drug-likeness (QED) is 0.164. The molecule has 2 unspecified atom stereocenters. The molecule has 0 aliphatic carbocycles. The lowest BCUT2D eigenvalue weighted by Crippen LogP contribution is -2.57. The highest BCUT2D eigenvalue weighted by atomic mass is 35.5. The Hall–Kier alpha value is -2.07. The van der Waals surface area contributed by atoms with E-state index in [9.17, 15) is 20.4 Å². The molecule has 2 fully saturated rings. The van der Waals surface area contributed by atoms with Crippen LogP contribution in [-0.2, 0) is 9.47 Å². The second-order valence-corrected chi connectivity index (χ2v) is 15.1. The van der Waals surface area contributed by atoms with Crippen LogP contribution in [0.4, 0.5) is 17.6 Å². The largest absolute Gasteiger partial charge is 0.395 e. The molecule has 0 bridgehead atoms. The third-order valence-electron chi connectivity index (χ3n) is 7.39. The predicted molar refractivity (Wildman–Crippen MR) is 204 cm³/mol. The van der Waals surface area contributed by atoms with E-state index >= 15 is 0 Å². The molecule has 9 N–H and O–H groups in total. The van der Waals surface area contributed by atoms with Crippen molar-refractivity contribution >= 4 is 52.4 Å². The first-order chi connectivity index (χ1) is 23.8. The first kappa shape index (κ1) is 48.0. The number of aromatic nitrogens is 6. The van der Waals surface area contributed by atoms with Gasteiger partial charge in [0.2, 0.25) is 11.2 Å². The molecule has 0 amide bonds. The molecule has 300 valence electrons. The lowest BCUT2D eigenvalue weighted by Gasteiger charge is -2.41. The first-order valence-corrected chi connectivity index (χ1v) is 17.7. The van der Waals surface area contributed by atoms with Crippen molar-refractivity contribution < 1.29 is 29.9 Å². The molecule has 21 heteroatoms. The smallest absolute Gasteiger partial charge is 0.247 e. The van der Waals surface area contributed by atoms with E-state index in [0.717, 1.165) is 19.6 Å². The Kier molecular flexibility index (Phi) is 21.2. The van der Waals surface area contributed by atoms with Gasteiger partial charge in [0, 0.05) is 58.4 Å². The van der Waals surface area contributed by atoms with Crippen molar-refractivity contribution in [3.63, 3.8) is 0 Å². The highest BCUT2D eigenvalue weighted by Gasteiger charge is 2.30. The van der Waals surface area contributed by atoms with E-state index in [1.54, 1.807) is 0 Å². The summed E-state index contributed by atoms with van der Waals surface area (Å²) in [7, 11) is 0. The number of aliphatic hydroxyl groups excluding tert-OH is 4. The zero-order valence-electron chi connectivity index (χ0n) is 30.2. The standard InChI is InChI=1S/C15H27ClN6O3.C12H26N2O3.C3H2Cl2N4.CH4/c1-15(2,3)25-9-11(24)7-21-4-5-22(6-10(21)8-23)14-18-13(17)12(16)19-20-14;1-12(2,3)17-9-11(16)7-14-5-4-13-6-10(14)8-15;4-1-2(6)7-3(5)9-8-1;/h10-11,23-24H,4-9H2,1-3H3,(H2,17,18,20);10-11,13,15-16H,4-9H2,1-3H3;(H2,6,7,9);1H4/t2*10-,11?;;/m00../s1. The molecule has 4 rings (SSSR count). The van der Waals surface area contributed by atoms with Crippen LogP contribution in [-0.4, -0.2) is 175 Å². The summed E-state index contributed by atoms with van der Waals surface area (Å²) in [4.78, 5) is 13.7. The van der Waals surface area contributed by atoms with E-state index in [4.69, 9.17) is 55.7 Å². The number of β-amino-alcohol motifs (C(OH)–C–C–N with tert-alkyl or cyclic N) is 2. The predicted octanol–water partition coefficient (Wildman–Crippen LogP) is 0.591. The monoisotopic (exact) mass is 800 g/mol. The van der Waals surface area contributed by atoms with Crippen molar-refractivity contribution in [2.75, 3.05) is 95.2 Å². The molecular formula is C31H59Cl3N12O6. The van der Waals surface area contributed by atoms with Gasteiger partial charge in [-0.15, -0.1) is 20.4 Å². The fraction of sp³-hybridized carbons (Fsp3) is 0.806. The number of nitrogen functional groups attached to an aromatic ring is 2. The van der Waals surface area contributed by atoms with Crippen LogP contribution in [0.1, 0.15) is 49.0 Å². The van der Waals surface area contributed by atoms with E-state index in [1.165, 1.54) is 0 Å². The Balaban J connectivity index is 0.000000431. The summed E-state index contributed by atoms with van der Waals surface area (Å²) in [6.07, 6.45) is -1.12. The Morgan fingerprint density at radius 2 is 1.27 bits per heavy atom.